The van der Waals surface area contributed by atoms with Gasteiger partial charge >= 0.3 is 5.97 Å². The maximum Gasteiger partial charge on any atom is 0.315 e. The van der Waals surface area contributed by atoms with Crippen LogP contribution in [0.2, 0.25) is 0 Å². The molecule has 0 amide bonds. The number of ether oxygens (including phenoxy) is 3. The van der Waals surface area contributed by atoms with E-state index in [0.29, 0.717) is 35.5 Å². The number of aryl methyl sites for hydroxylation is 1. The van der Waals surface area contributed by atoms with E-state index in [4.69, 9.17) is 19.9 Å². The first kappa shape index (κ1) is 20.6. The maximum absolute atomic E-state index is 14.8. The molecule has 2 N–H and O–H groups in total. The number of carbonyl (C=O) groups excluding carboxylic acids is 1. The molecule has 4 heterocycles. The van der Waals surface area contributed by atoms with E-state index in [9.17, 15) is 9.18 Å². The van der Waals surface area contributed by atoms with Gasteiger partial charge < -0.3 is 19.9 Å². The molecule has 2 bridgehead atoms. The number of fused-ring (bicyclic) bond motifs is 4. The monoisotopic (exact) mass is 429 g/mol. The van der Waals surface area contributed by atoms with Crippen molar-refractivity contribution in [2.24, 2.45) is 11.1 Å². The molecule has 2 aromatic heterocycles. The molecule has 166 valence electrons. The average Bonchev–Trinajstić information content (AvgIpc) is 3.59. The van der Waals surface area contributed by atoms with Crippen LogP contribution >= 0.6 is 0 Å². The molecule has 2 aliphatic heterocycles. The van der Waals surface area contributed by atoms with Crippen LogP contribution in [0.5, 0.6) is 5.88 Å². The predicted molar refractivity (Wildman–Crippen MR) is 111 cm³/mol. The van der Waals surface area contributed by atoms with Crippen LogP contribution in [0.3, 0.4) is 0 Å². The summed E-state index contributed by atoms with van der Waals surface area (Å²) in [6, 6.07) is 3.48. The lowest BCUT2D eigenvalue weighted by molar-refractivity contribution is -0.156. The molecule has 2 aromatic rings. The molecule has 31 heavy (non-hydrogen) atoms. The highest BCUT2D eigenvalue weighted by molar-refractivity contribution is 5.80. The molecule has 2 aliphatic carbocycles. The van der Waals surface area contributed by atoms with Crippen molar-refractivity contribution in [3.8, 4) is 5.88 Å². The lowest BCUT2D eigenvalue weighted by Crippen LogP contribution is -2.59. The molecule has 0 unspecified atom stereocenters. The summed E-state index contributed by atoms with van der Waals surface area (Å²) in [6.45, 7) is 0.777. The number of esters is 1. The number of nitrogens with two attached hydrogens (primary N) is 1. The number of aromatic nitrogens is 2. The summed E-state index contributed by atoms with van der Waals surface area (Å²) in [5.41, 5.74) is 6.97. The van der Waals surface area contributed by atoms with Crippen LogP contribution in [0, 0.1) is 11.2 Å². The standard InChI is InChI=1S/C23H28FN3O4/c1-29-20(28)21(6-7-21)13-30-18-3-2-17-19(27-18)15(16(24)12-26-17)4-5-23-10-8-22(25,9-11-23)14-31-23/h2-3,12H,4-11,13-14,25H2,1H3. The molecule has 0 radical (unpaired) electrons. The highest BCUT2D eigenvalue weighted by Crippen LogP contribution is 2.47. The van der Waals surface area contributed by atoms with Gasteiger partial charge in [0, 0.05) is 17.2 Å². The highest BCUT2D eigenvalue weighted by Gasteiger charge is 2.52. The second-order valence-corrected chi connectivity index (χ2v) is 9.50. The summed E-state index contributed by atoms with van der Waals surface area (Å²) in [7, 11) is 1.38. The van der Waals surface area contributed by atoms with Crippen molar-refractivity contribution >= 4 is 17.0 Å². The number of nitrogens with zero attached hydrogens (tertiary/aromatic N) is 2. The molecule has 6 rings (SSSR count). The number of methoxy groups -OCH3 is 1. The van der Waals surface area contributed by atoms with E-state index in [-0.39, 0.29) is 29.5 Å². The third kappa shape index (κ3) is 3.76. The fourth-order valence-electron chi connectivity index (χ4n) is 4.85. The van der Waals surface area contributed by atoms with Gasteiger partial charge in [-0.3, -0.25) is 9.78 Å². The summed E-state index contributed by atoms with van der Waals surface area (Å²) >= 11 is 0. The van der Waals surface area contributed by atoms with Crippen molar-refractivity contribution < 1.29 is 23.4 Å². The molecule has 8 heteroatoms. The zero-order chi connectivity index (χ0) is 21.7. The molecular weight excluding hydrogens is 401 g/mol. The van der Waals surface area contributed by atoms with Gasteiger partial charge in [-0.25, -0.2) is 9.37 Å². The van der Waals surface area contributed by atoms with Crippen molar-refractivity contribution in [3.63, 3.8) is 0 Å². The first-order valence-electron chi connectivity index (χ1n) is 10.9. The quantitative estimate of drug-likeness (QED) is 0.676. The lowest BCUT2D eigenvalue weighted by atomic mass is 9.70. The fraction of sp³-hybridized carbons (Fsp3) is 0.609. The Morgan fingerprint density at radius 1 is 1.23 bits per heavy atom. The van der Waals surface area contributed by atoms with Crippen LogP contribution in [-0.4, -0.2) is 47.4 Å². The Labute approximate surface area is 180 Å². The van der Waals surface area contributed by atoms with E-state index >= 15 is 0 Å². The van der Waals surface area contributed by atoms with Gasteiger partial charge in [-0.2, -0.15) is 0 Å². The van der Waals surface area contributed by atoms with E-state index in [2.05, 4.69) is 9.97 Å². The minimum absolute atomic E-state index is 0.187. The number of halogens is 1. The van der Waals surface area contributed by atoms with Gasteiger partial charge in [-0.15, -0.1) is 0 Å². The third-order valence-corrected chi connectivity index (χ3v) is 7.36. The van der Waals surface area contributed by atoms with Crippen molar-refractivity contribution in [2.75, 3.05) is 20.3 Å². The number of hydrogen-bond acceptors (Lipinski definition) is 7. The average molecular weight is 429 g/mol. The van der Waals surface area contributed by atoms with Crippen LogP contribution in [-0.2, 0) is 20.7 Å². The van der Waals surface area contributed by atoms with Crippen LogP contribution in [0.1, 0.15) is 50.5 Å². The van der Waals surface area contributed by atoms with Crippen LogP contribution in [0.25, 0.3) is 11.0 Å². The first-order chi connectivity index (χ1) is 14.9. The van der Waals surface area contributed by atoms with Gasteiger partial charge in [0.2, 0.25) is 5.88 Å². The van der Waals surface area contributed by atoms with Crippen LogP contribution < -0.4 is 10.5 Å². The highest BCUT2D eigenvalue weighted by atomic mass is 19.1. The third-order valence-electron chi connectivity index (χ3n) is 7.36. The van der Waals surface area contributed by atoms with Crippen molar-refractivity contribution in [2.45, 2.75) is 62.5 Å². The fourth-order valence-corrected chi connectivity index (χ4v) is 4.85. The van der Waals surface area contributed by atoms with Crippen molar-refractivity contribution in [1.29, 1.82) is 0 Å². The van der Waals surface area contributed by atoms with Gasteiger partial charge in [-0.05, 0) is 57.4 Å². The van der Waals surface area contributed by atoms with E-state index in [1.807, 2.05) is 0 Å². The van der Waals surface area contributed by atoms with Crippen molar-refractivity contribution in [3.05, 3.63) is 29.7 Å². The molecule has 4 fully saturated rings. The molecular formula is C23H28FN3O4. The van der Waals surface area contributed by atoms with E-state index in [0.717, 1.165) is 44.9 Å². The largest absolute Gasteiger partial charge is 0.476 e. The Morgan fingerprint density at radius 2 is 2.00 bits per heavy atom. The lowest BCUT2D eigenvalue weighted by Gasteiger charge is -2.51. The SMILES string of the molecule is COC(=O)C1(COc2ccc3ncc(F)c(CCC45CCC(N)(CC4)CO5)c3n2)CC1. The van der Waals surface area contributed by atoms with Crippen LogP contribution in [0.15, 0.2) is 18.3 Å². The Balaban J connectivity index is 1.35. The first-order valence-corrected chi connectivity index (χ1v) is 10.9. The second kappa shape index (κ2) is 7.38. The summed E-state index contributed by atoms with van der Waals surface area (Å²) in [5, 5.41) is 0. The van der Waals surface area contributed by atoms with Crippen molar-refractivity contribution in [1.82, 2.24) is 9.97 Å². The number of carbonyl (C=O) groups is 1. The van der Waals surface area contributed by atoms with Gasteiger partial charge in [0.05, 0.1) is 36.5 Å². The Hall–Kier alpha value is -2.32. The Bertz CT molecular complexity index is 999. The molecule has 4 aliphatic rings. The molecule has 0 aromatic carbocycles. The summed E-state index contributed by atoms with van der Waals surface area (Å²) in [6.07, 6.45) is 7.66. The zero-order valence-corrected chi connectivity index (χ0v) is 17.8. The van der Waals surface area contributed by atoms with E-state index in [1.54, 1.807) is 12.1 Å². The summed E-state index contributed by atoms with van der Waals surface area (Å²) in [4.78, 5) is 20.7. The minimum atomic E-state index is -0.578. The predicted octanol–water partition coefficient (Wildman–Crippen LogP) is 3.07. The molecule has 2 saturated carbocycles. The Kier molecular flexibility index (Phi) is 4.90. The smallest absolute Gasteiger partial charge is 0.315 e. The number of pyridine rings is 2. The van der Waals surface area contributed by atoms with E-state index < -0.39 is 5.41 Å². The molecule has 7 nitrogen and oxygen atoms in total. The van der Waals surface area contributed by atoms with Gasteiger partial charge in [0.1, 0.15) is 17.8 Å². The topological polar surface area (TPSA) is 96.6 Å². The van der Waals surface area contributed by atoms with Gasteiger partial charge in [0.25, 0.3) is 0 Å². The molecule has 0 spiro atoms. The summed E-state index contributed by atoms with van der Waals surface area (Å²) in [5.74, 6) is -0.280. The normalized spacial score (nSPS) is 28.5. The second-order valence-electron chi connectivity index (χ2n) is 9.50. The van der Waals surface area contributed by atoms with Gasteiger partial charge in [0.15, 0.2) is 0 Å². The number of rotatable bonds is 7. The maximum atomic E-state index is 14.8. The van der Waals surface area contributed by atoms with Gasteiger partial charge in [-0.1, -0.05) is 0 Å². The zero-order valence-electron chi connectivity index (χ0n) is 17.8. The molecule has 0 atom stereocenters. The van der Waals surface area contributed by atoms with Crippen LogP contribution in [0.4, 0.5) is 4.39 Å². The molecule has 2 saturated heterocycles. The minimum Gasteiger partial charge on any atom is -0.476 e. The number of hydrogen-bond donors (Lipinski definition) is 1. The van der Waals surface area contributed by atoms with E-state index in [1.165, 1.54) is 13.3 Å². The summed E-state index contributed by atoms with van der Waals surface area (Å²) < 4.78 is 31.6. The Morgan fingerprint density at radius 3 is 2.65 bits per heavy atom.